The summed E-state index contributed by atoms with van der Waals surface area (Å²) in [5, 5.41) is 0. The lowest BCUT2D eigenvalue weighted by molar-refractivity contribution is -0.139. The third-order valence-corrected chi connectivity index (χ3v) is 5.21. The van der Waals surface area contributed by atoms with Gasteiger partial charge in [-0.2, -0.15) is 0 Å². The van der Waals surface area contributed by atoms with Gasteiger partial charge in [0.15, 0.2) is 0 Å². The van der Waals surface area contributed by atoms with Crippen LogP contribution in [-0.4, -0.2) is 49.2 Å². The molecule has 0 spiro atoms. The fourth-order valence-electron chi connectivity index (χ4n) is 3.81. The predicted molar refractivity (Wildman–Crippen MR) is 112 cm³/mol. The fraction of sp³-hybridized carbons (Fsp3) is 0.286. The van der Waals surface area contributed by atoms with Gasteiger partial charge in [0.05, 0.1) is 42.2 Å². The van der Waals surface area contributed by atoms with Crippen molar-refractivity contribution in [1.82, 2.24) is 9.97 Å². The molecule has 2 N–H and O–H groups in total. The Morgan fingerprint density at radius 1 is 0.933 bits per heavy atom. The Balaban J connectivity index is 1.98. The molecular formula is C21H22N4O5. The Kier molecular flexibility index (Phi) is 5.18. The minimum absolute atomic E-state index is 0.0343. The maximum absolute atomic E-state index is 12.8. The van der Waals surface area contributed by atoms with Gasteiger partial charge in [-0.15, -0.1) is 0 Å². The van der Waals surface area contributed by atoms with Gasteiger partial charge >= 0.3 is 17.6 Å². The van der Waals surface area contributed by atoms with Crippen molar-refractivity contribution < 1.29 is 19.1 Å². The van der Waals surface area contributed by atoms with Crippen molar-refractivity contribution in [3.63, 3.8) is 0 Å². The zero-order valence-corrected chi connectivity index (χ0v) is 16.7. The minimum atomic E-state index is -0.679. The van der Waals surface area contributed by atoms with Crippen LogP contribution in [0, 0.1) is 0 Å². The first-order chi connectivity index (χ1) is 14.5. The first-order valence-electron chi connectivity index (χ1n) is 9.59. The lowest BCUT2D eigenvalue weighted by Gasteiger charge is -2.29. The molecule has 1 aromatic carbocycles. The van der Waals surface area contributed by atoms with E-state index < -0.39 is 11.9 Å². The number of carbonyl (C=O) groups excluding carboxylic acids is 2. The van der Waals surface area contributed by atoms with Crippen LogP contribution in [0.4, 0.5) is 11.4 Å². The molecule has 0 aliphatic carbocycles. The Bertz CT molecular complexity index is 1150. The second-order valence-corrected chi connectivity index (χ2v) is 6.98. The van der Waals surface area contributed by atoms with E-state index >= 15 is 0 Å². The molecule has 0 amide bonds. The number of methoxy groups -OCH3 is 2. The highest BCUT2D eigenvalue weighted by Gasteiger charge is 2.30. The number of rotatable bonds is 4. The maximum Gasteiger partial charge on any atom is 0.355 e. The average Bonchev–Trinajstić information content (AvgIpc) is 3.35. The summed E-state index contributed by atoms with van der Waals surface area (Å²) in [5.41, 5.74) is 2.53. The Morgan fingerprint density at radius 2 is 1.57 bits per heavy atom. The van der Waals surface area contributed by atoms with Crippen LogP contribution in [0.2, 0.25) is 0 Å². The van der Waals surface area contributed by atoms with E-state index in [0.29, 0.717) is 16.7 Å². The molecule has 0 atom stereocenters. The number of hydrogen-bond donors (Lipinski definition) is 2. The number of carbonyl (C=O) groups is 2. The molecule has 3 heterocycles. The molecule has 2 aromatic rings. The number of aromatic amines is 2. The fourth-order valence-corrected chi connectivity index (χ4v) is 3.81. The SMILES string of the molecule is COC(=O)C1=C(C(=O)OC)N(c2cc3[nH]c(=O)[nH]c3cc2N2CCCC2)C=CC=C1. The zero-order chi connectivity index (χ0) is 21.3. The van der Waals surface area contributed by atoms with Crippen molar-refractivity contribution in [2.24, 2.45) is 0 Å². The molecule has 1 saturated heterocycles. The van der Waals surface area contributed by atoms with Crippen molar-refractivity contribution in [1.29, 1.82) is 0 Å². The van der Waals surface area contributed by atoms with E-state index in [2.05, 4.69) is 14.9 Å². The van der Waals surface area contributed by atoms with Crippen molar-refractivity contribution in [3.05, 3.63) is 58.3 Å². The number of nitrogens with zero attached hydrogens (tertiary/aromatic N) is 2. The first-order valence-corrected chi connectivity index (χ1v) is 9.59. The summed E-state index contributed by atoms with van der Waals surface area (Å²) < 4.78 is 9.87. The van der Waals surface area contributed by atoms with E-state index in [4.69, 9.17) is 9.47 Å². The number of esters is 2. The first kappa shape index (κ1) is 19.6. The Morgan fingerprint density at radius 3 is 2.20 bits per heavy atom. The lowest BCUT2D eigenvalue weighted by Crippen LogP contribution is -2.29. The second-order valence-electron chi connectivity index (χ2n) is 6.98. The van der Waals surface area contributed by atoms with Gasteiger partial charge in [0.2, 0.25) is 0 Å². The Labute approximate surface area is 172 Å². The summed E-state index contributed by atoms with van der Waals surface area (Å²) in [5.74, 6) is -1.33. The summed E-state index contributed by atoms with van der Waals surface area (Å²) in [7, 11) is 2.52. The number of H-pyrrole nitrogens is 2. The van der Waals surface area contributed by atoms with Gasteiger partial charge in [-0.25, -0.2) is 14.4 Å². The summed E-state index contributed by atoms with van der Waals surface area (Å²) >= 11 is 0. The molecule has 30 heavy (non-hydrogen) atoms. The molecule has 2 aliphatic rings. The van der Waals surface area contributed by atoms with Crippen molar-refractivity contribution in [3.8, 4) is 0 Å². The van der Waals surface area contributed by atoms with Crippen molar-refractivity contribution in [2.75, 3.05) is 37.1 Å². The number of fused-ring (bicyclic) bond motifs is 1. The van der Waals surface area contributed by atoms with E-state index in [0.717, 1.165) is 31.6 Å². The summed E-state index contributed by atoms with van der Waals surface area (Å²) in [4.78, 5) is 46.4. The largest absolute Gasteiger partial charge is 0.465 e. The van der Waals surface area contributed by atoms with E-state index in [1.165, 1.54) is 20.3 Å². The van der Waals surface area contributed by atoms with Gasteiger partial charge < -0.3 is 29.2 Å². The van der Waals surface area contributed by atoms with Gasteiger partial charge in [0, 0.05) is 19.3 Å². The van der Waals surface area contributed by atoms with Crippen LogP contribution in [-0.2, 0) is 19.1 Å². The molecule has 0 unspecified atom stereocenters. The quantitative estimate of drug-likeness (QED) is 0.742. The van der Waals surface area contributed by atoms with Gasteiger partial charge in [0.1, 0.15) is 5.70 Å². The van der Waals surface area contributed by atoms with E-state index in [9.17, 15) is 14.4 Å². The lowest BCUT2D eigenvalue weighted by atomic mass is 10.1. The number of anilines is 2. The molecule has 0 bridgehead atoms. The normalized spacial score (nSPS) is 16.3. The molecule has 0 radical (unpaired) electrons. The number of benzene rings is 1. The minimum Gasteiger partial charge on any atom is -0.465 e. The average molecular weight is 410 g/mol. The molecule has 9 nitrogen and oxygen atoms in total. The number of aromatic nitrogens is 2. The molecule has 0 saturated carbocycles. The summed E-state index contributed by atoms with van der Waals surface area (Å²) in [6.45, 7) is 1.70. The topological polar surface area (TPSA) is 108 Å². The van der Waals surface area contributed by atoms with Gasteiger partial charge in [-0.05, 0) is 37.1 Å². The van der Waals surface area contributed by atoms with Gasteiger partial charge in [-0.3, -0.25) is 0 Å². The van der Waals surface area contributed by atoms with Crippen LogP contribution >= 0.6 is 0 Å². The van der Waals surface area contributed by atoms with E-state index in [-0.39, 0.29) is 17.0 Å². The van der Waals surface area contributed by atoms with Crippen LogP contribution < -0.4 is 15.5 Å². The number of imidazole rings is 1. The molecular weight excluding hydrogens is 388 g/mol. The molecule has 1 fully saturated rings. The highest BCUT2D eigenvalue weighted by Crippen LogP contribution is 2.38. The van der Waals surface area contributed by atoms with Crippen LogP contribution in [0.5, 0.6) is 0 Å². The molecule has 2 aliphatic heterocycles. The molecule has 156 valence electrons. The number of allylic oxidation sites excluding steroid dienone is 2. The zero-order valence-electron chi connectivity index (χ0n) is 16.7. The molecule has 4 rings (SSSR count). The number of nitrogens with one attached hydrogen (secondary N) is 2. The third kappa shape index (κ3) is 3.38. The summed E-state index contributed by atoms with van der Waals surface area (Å²) in [6, 6.07) is 3.67. The van der Waals surface area contributed by atoms with E-state index in [1.807, 2.05) is 6.07 Å². The molecule has 1 aromatic heterocycles. The standard InChI is InChI=1S/C21H22N4O5/c1-29-19(26)13-7-3-4-10-25(18(13)20(27)30-2)17-12-15-14(22-21(28)23-15)11-16(17)24-8-5-6-9-24/h3-4,7,10-12H,5-6,8-9H2,1-2H3,(H2,22,23,28). The Hall–Kier alpha value is -3.75. The monoisotopic (exact) mass is 410 g/mol. The predicted octanol–water partition coefficient (Wildman–Crippen LogP) is 1.95. The number of ether oxygens (including phenoxy) is 2. The van der Waals surface area contributed by atoms with Crippen LogP contribution in [0.15, 0.2) is 52.6 Å². The van der Waals surface area contributed by atoms with Crippen molar-refractivity contribution >= 4 is 34.3 Å². The highest BCUT2D eigenvalue weighted by atomic mass is 16.5. The van der Waals surface area contributed by atoms with Gasteiger partial charge in [-0.1, -0.05) is 6.08 Å². The van der Waals surface area contributed by atoms with Gasteiger partial charge in [0.25, 0.3) is 0 Å². The summed E-state index contributed by atoms with van der Waals surface area (Å²) in [6.07, 6.45) is 8.67. The maximum atomic E-state index is 12.8. The number of hydrogen-bond acceptors (Lipinski definition) is 7. The van der Waals surface area contributed by atoms with Crippen LogP contribution in [0.3, 0.4) is 0 Å². The third-order valence-electron chi connectivity index (χ3n) is 5.21. The van der Waals surface area contributed by atoms with Crippen LogP contribution in [0.25, 0.3) is 11.0 Å². The van der Waals surface area contributed by atoms with Crippen molar-refractivity contribution in [2.45, 2.75) is 12.8 Å². The second kappa shape index (κ2) is 7.94. The van der Waals surface area contributed by atoms with E-state index in [1.54, 1.807) is 29.3 Å². The molecule has 9 heteroatoms. The smallest absolute Gasteiger partial charge is 0.355 e. The van der Waals surface area contributed by atoms with Crippen LogP contribution in [0.1, 0.15) is 12.8 Å². The highest BCUT2D eigenvalue weighted by molar-refractivity contribution is 6.06.